The molecule has 0 bridgehead atoms. The summed E-state index contributed by atoms with van der Waals surface area (Å²) in [4.78, 5) is 11.7. The molecule has 6 heteroatoms. The maximum absolute atomic E-state index is 11.8. The molecule has 104 valence electrons. The van der Waals surface area contributed by atoms with Gasteiger partial charge in [0, 0.05) is 17.8 Å². The van der Waals surface area contributed by atoms with E-state index in [4.69, 9.17) is 0 Å². The van der Waals surface area contributed by atoms with Gasteiger partial charge in [-0.25, -0.2) is 8.42 Å². The van der Waals surface area contributed by atoms with Crippen LogP contribution in [0.15, 0.2) is 18.2 Å². The molecule has 19 heavy (non-hydrogen) atoms. The van der Waals surface area contributed by atoms with Crippen molar-refractivity contribution < 1.29 is 13.2 Å². The van der Waals surface area contributed by atoms with Gasteiger partial charge in [0.25, 0.3) is 5.91 Å². The van der Waals surface area contributed by atoms with Crippen molar-refractivity contribution in [2.24, 2.45) is 5.92 Å². The van der Waals surface area contributed by atoms with Gasteiger partial charge in [0.05, 0.1) is 5.75 Å². The van der Waals surface area contributed by atoms with Gasteiger partial charge in [-0.2, -0.15) is 0 Å². The van der Waals surface area contributed by atoms with E-state index in [2.05, 4.69) is 10.0 Å². The van der Waals surface area contributed by atoms with E-state index in [1.807, 2.05) is 13.8 Å². The fourth-order valence-corrected chi connectivity index (χ4v) is 3.58. The first kappa shape index (κ1) is 13.9. The Morgan fingerprint density at radius 2 is 2.11 bits per heavy atom. The van der Waals surface area contributed by atoms with Crippen molar-refractivity contribution in [1.29, 1.82) is 0 Å². The van der Waals surface area contributed by atoms with E-state index in [9.17, 15) is 13.2 Å². The summed E-state index contributed by atoms with van der Waals surface area (Å²) in [5.74, 6) is -0.0272. The Balaban J connectivity index is 2.23. The molecule has 0 atom stereocenters. The molecule has 0 spiro atoms. The average molecular weight is 282 g/mol. The lowest BCUT2D eigenvalue weighted by Gasteiger charge is -2.18. The van der Waals surface area contributed by atoms with Crippen LogP contribution < -0.4 is 10.0 Å². The predicted octanol–water partition coefficient (Wildman–Crippen LogP) is 1.37. The summed E-state index contributed by atoms with van der Waals surface area (Å²) in [5.41, 5.74) is 1.95. The Labute approximate surface area is 113 Å². The molecule has 0 aliphatic carbocycles. The highest BCUT2D eigenvalue weighted by atomic mass is 32.2. The van der Waals surface area contributed by atoms with Crippen LogP contribution in [-0.2, 0) is 16.4 Å². The van der Waals surface area contributed by atoms with Crippen LogP contribution in [0, 0.1) is 5.92 Å². The molecule has 1 aliphatic heterocycles. The number of benzene rings is 1. The summed E-state index contributed by atoms with van der Waals surface area (Å²) >= 11 is 0. The zero-order valence-corrected chi connectivity index (χ0v) is 11.9. The molecule has 1 aromatic carbocycles. The maximum Gasteiger partial charge on any atom is 0.251 e. The highest BCUT2D eigenvalue weighted by Crippen LogP contribution is 2.20. The van der Waals surface area contributed by atoms with Gasteiger partial charge in [0.1, 0.15) is 0 Å². The monoisotopic (exact) mass is 282 g/mol. The lowest BCUT2D eigenvalue weighted by molar-refractivity contribution is 0.0946. The van der Waals surface area contributed by atoms with E-state index in [1.54, 1.807) is 18.2 Å². The third kappa shape index (κ3) is 3.47. The molecule has 5 nitrogen and oxygen atoms in total. The van der Waals surface area contributed by atoms with Crippen molar-refractivity contribution in [2.45, 2.75) is 20.3 Å². The summed E-state index contributed by atoms with van der Waals surface area (Å²) in [6.45, 7) is 4.32. The zero-order valence-electron chi connectivity index (χ0n) is 11.1. The number of amides is 1. The standard InChI is InChI=1S/C13H18N2O3S/c1-9(2)8-19(17,18)15-11-4-3-10-5-6-14-13(16)12(10)7-11/h3-4,7,9,15H,5-6,8H2,1-2H3,(H,14,16). The van der Waals surface area contributed by atoms with Gasteiger partial charge in [0.15, 0.2) is 0 Å². The molecule has 1 amide bonds. The lowest BCUT2D eigenvalue weighted by Crippen LogP contribution is -2.32. The Morgan fingerprint density at radius 1 is 1.37 bits per heavy atom. The van der Waals surface area contributed by atoms with Gasteiger partial charge in [0.2, 0.25) is 10.0 Å². The van der Waals surface area contributed by atoms with Crippen molar-refractivity contribution in [3.8, 4) is 0 Å². The van der Waals surface area contributed by atoms with Gasteiger partial charge in [-0.3, -0.25) is 9.52 Å². The minimum Gasteiger partial charge on any atom is -0.352 e. The average Bonchev–Trinajstić information content (AvgIpc) is 2.28. The molecule has 0 saturated carbocycles. The Kier molecular flexibility index (Phi) is 3.80. The van der Waals surface area contributed by atoms with Gasteiger partial charge in [-0.05, 0) is 30.0 Å². The molecule has 0 fully saturated rings. The smallest absolute Gasteiger partial charge is 0.251 e. The molecular weight excluding hydrogens is 264 g/mol. The third-order valence-electron chi connectivity index (χ3n) is 2.86. The Morgan fingerprint density at radius 3 is 2.79 bits per heavy atom. The molecule has 1 aliphatic rings. The number of fused-ring (bicyclic) bond motifs is 1. The molecule has 0 radical (unpaired) electrons. The van der Waals surface area contributed by atoms with Crippen molar-refractivity contribution in [1.82, 2.24) is 5.32 Å². The minimum atomic E-state index is -3.36. The second kappa shape index (κ2) is 5.21. The lowest BCUT2D eigenvalue weighted by atomic mass is 10.00. The highest BCUT2D eigenvalue weighted by molar-refractivity contribution is 7.92. The van der Waals surface area contributed by atoms with Crippen LogP contribution >= 0.6 is 0 Å². The summed E-state index contributed by atoms with van der Waals surface area (Å²) in [7, 11) is -3.36. The first-order chi connectivity index (χ1) is 8.87. The molecule has 1 heterocycles. The Bertz CT molecular complexity index is 594. The fraction of sp³-hybridized carbons (Fsp3) is 0.462. The predicted molar refractivity (Wildman–Crippen MR) is 74.7 cm³/mol. The van der Waals surface area contributed by atoms with Crippen LogP contribution in [0.25, 0.3) is 0 Å². The molecular formula is C13H18N2O3S. The number of nitrogens with one attached hydrogen (secondary N) is 2. The van der Waals surface area contributed by atoms with Crippen LogP contribution in [0.4, 0.5) is 5.69 Å². The second-order valence-corrected chi connectivity index (χ2v) is 6.92. The molecule has 2 rings (SSSR count). The van der Waals surface area contributed by atoms with Crippen LogP contribution in [0.2, 0.25) is 0 Å². The number of anilines is 1. The van der Waals surface area contributed by atoms with E-state index >= 15 is 0 Å². The van der Waals surface area contributed by atoms with E-state index < -0.39 is 10.0 Å². The second-order valence-electron chi connectivity index (χ2n) is 5.16. The van der Waals surface area contributed by atoms with Crippen LogP contribution in [0.5, 0.6) is 0 Å². The third-order valence-corrected chi connectivity index (χ3v) is 4.51. The van der Waals surface area contributed by atoms with Crippen LogP contribution in [0.1, 0.15) is 29.8 Å². The zero-order chi connectivity index (χ0) is 14.0. The molecule has 0 aromatic heterocycles. The first-order valence-corrected chi connectivity index (χ1v) is 7.94. The summed E-state index contributed by atoms with van der Waals surface area (Å²) in [6, 6.07) is 5.11. The van der Waals surface area contributed by atoms with Gasteiger partial charge in [-0.1, -0.05) is 19.9 Å². The summed E-state index contributed by atoms with van der Waals surface area (Å²) in [6.07, 6.45) is 0.778. The number of carbonyl (C=O) groups is 1. The van der Waals surface area contributed by atoms with Crippen LogP contribution in [-0.4, -0.2) is 26.6 Å². The van der Waals surface area contributed by atoms with Crippen LogP contribution in [0.3, 0.4) is 0 Å². The molecule has 2 N–H and O–H groups in total. The van der Waals surface area contributed by atoms with E-state index in [1.165, 1.54) is 0 Å². The molecule has 1 aromatic rings. The Hall–Kier alpha value is -1.56. The number of carbonyl (C=O) groups excluding carboxylic acids is 1. The SMILES string of the molecule is CC(C)CS(=O)(=O)Nc1ccc2c(c1)C(=O)NCC2. The topological polar surface area (TPSA) is 75.3 Å². The van der Waals surface area contributed by atoms with Gasteiger partial charge in [-0.15, -0.1) is 0 Å². The first-order valence-electron chi connectivity index (χ1n) is 6.29. The number of rotatable bonds is 4. The maximum atomic E-state index is 11.8. The van der Waals surface area contributed by atoms with Crippen molar-refractivity contribution in [2.75, 3.05) is 17.0 Å². The number of hydrogen-bond acceptors (Lipinski definition) is 3. The van der Waals surface area contributed by atoms with Gasteiger partial charge < -0.3 is 5.32 Å². The van der Waals surface area contributed by atoms with E-state index in [0.29, 0.717) is 17.8 Å². The van der Waals surface area contributed by atoms with Crippen molar-refractivity contribution >= 4 is 21.6 Å². The minimum absolute atomic E-state index is 0.0541. The summed E-state index contributed by atoms with van der Waals surface area (Å²) < 4.78 is 26.2. The van der Waals surface area contributed by atoms with Gasteiger partial charge >= 0.3 is 0 Å². The van der Waals surface area contributed by atoms with Crippen molar-refractivity contribution in [3.05, 3.63) is 29.3 Å². The molecule has 0 unspecified atom stereocenters. The fourth-order valence-electron chi connectivity index (χ4n) is 2.14. The van der Waals surface area contributed by atoms with Crippen molar-refractivity contribution in [3.63, 3.8) is 0 Å². The summed E-state index contributed by atoms with van der Waals surface area (Å²) in [5, 5.41) is 2.74. The van der Waals surface area contributed by atoms with E-state index in [0.717, 1.165) is 12.0 Å². The highest BCUT2D eigenvalue weighted by Gasteiger charge is 2.18. The van der Waals surface area contributed by atoms with E-state index in [-0.39, 0.29) is 17.6 Å². The largest absolute Gasteiger partial charge is 0.352 e. The quantitative estimate of drug-likeness (QED) is 0.876. The molecule has 0 saturated heterocycles. The number of hydrogen-bond donors (Lipinski definition) is 2. The number of sulfonamides is 1. The normalized spacial score (nSPS) is 15.0.